The van der Waals surface area contributed by atoms with Crippen LogP contribution in [0.3, 0.4) is 0 Å². The van der Waals surface area contributed by atoms with Gasteiger partial charge in [-0.3, -0.25) is 0 Å². The molecule has 31 heteroatoms. The molecule has 502 valence electrons. The Kier molecular flexibility index (Phi) is 22.6. The number of aliphatic hydroxyl groups excluding tert-OH is 2. The number of nitrogens with one attached hydrogen (secondary N) is 2. The second kappa shape index (κ2) is 28.7. The number of ether oxygens (including phenoxy) is 2. The van der Waals surface area contributed by atoms with Gasteiger partial charge < -0.3 is 69.0 Å². The average molecular weight is 1430 g/mol. The Bertz CT molecular complexity index is 3170. The zero-order valence-corrected chi connectivity index (χ0v) is 54.5. The molecule has 2 unspecified atom stereocenters. The summed E-state index contributed by atoms with van der Waals surface area (Å²) in [5.41, 5.74) is 4.13. The molecule has 9 heterocycles. The molecule has 0 aliphatic carbocycles. The first-order valence-corrected chi connectivity index (χ1v) is 31.0. The Morgan fingerprint density at radius 1 is 0.593 bits per heavy atom. The van der Waals surface area contributed by atoms with Gasteiger partial charge in [-0.1, -0.05) is 17.7 Å². The van der Waals surface area contributed by atoms with Crippen molar-refractivity contribution in [2.45, 2.75) is 115 Å². The van der Waals surface area contributed by atoms with Crippen LogP contribution in [0.2, 0.25) is 0 Å². The van der Waals surface area contributed by atoms with Crippen LogP contribution in [0.5, 0.6) is 0 Å². The number of morpholine rings is 2. The highest BCUT2D eigenvalue weighted by Crippen LogP contribution is 2.40. The van der Waals surface area contributed by atoms with E-state index in [1.807, 2.05) is 70.7 Å². The summed E-state index contributed by atoms with van der Waals surface area (Å²) in [6, 6.07) is 17.1. The lowest BCUT2D eigenvalue weighted by Gasteiger charge is -2.32. The number of nitrogens with zero attached hydrogens (tertiary/aromatic N) is 8. The summed E-state index contributed by atoms with van der Waals surface area (Å²) in [7, 11) is -0.556. The van der Waals surface area contributed by atoms with Crippen LogP contribution in [0, 0.1) is 29.3 Å². The van der Waals surface area contributed by atoms with Gasteiger partial charge in [0.2, 0.25) is 0 Å². The van der Waals surface area contributed by atoms with Gasteiger partial charge in [-0.25, -0.2) is 37.1 Å². The first-order valence-electron chi connectivity index (χ1n) is 29.9. The fourth-order valence-corrected chi connectivity index (χ4v) is 12.2. The Labute approximate surface area is 543 Å². The molecule has 0 saturated carbocycles. The molecule has 4 atom stereocenters. The second-order valence-electron chi connectivity index (χ2n) is 25.0. The van der Waals surface area contributed by atoms with E-state index in [2.05, 4.69) is 48.1 Å². The molecule has 2 aromatic carbocycles. The van der Waals surface area contributed by atoms with E-state index in [4.69, 9.17) is 18.8 Å². The first-order chi connectivity index (χ1) is 42.1. The highest BCUT2D eigenvalue weighted by Gasteiger charge is 2.53. The maximum absolute atomic E-state index is 14.2. The molecule has 7 saturated heterocycles. The number of hydrogen-bond donors (Lipinski definition) is 4. The van der Waals surface area contributed by atoms with Crippen molar-refractivity contribution in [3.05, 3.63) is 75.4 Å². The topological polar surface area (TPSA) is 181 Å². The number of carbonyl (C=O) groups excluding carboxylic acids is 2. The summed E-state index contributed by atoms with van der Waals surface area (Å²) in [6.07, 6.45) is -13.0. The van der Waals surface area contributed by atoms with Crippen molar-refractivity contribution in [2.75, 3.05) is 135 Å². The van der Waals surface area contributed by atoms with Gasteiger partial charge in [-0.15, -0.1) is 0 Å². The number of alkyl halides is 10. The lowest BCUT2D eigenvalue weighted by atomic mass is 9.76. The fourth-order valence-electron chi connectivity index (χ4n) is 11.6. The van der Waals surface area contributed by atoms with E-state index >= 15 is 0 Å². The van der Waals surface area contributed by atoms with Crippen LogP contribution in [0.25, 0.3) is 11.1 Å². The molecule has 4 amide bonds. The van der Waals surface area contributed by atoms with Gasteiger partial charge in [0.05, 0.1) is 63.8 Å². The maximum atomic E-state index is 14.2. The molecule has 2 aromatic heterocycles. The normalized spacial score (nSPS) is 23.5. The van der Waals surface area contributed by atoms with E-state index < -0.39 is 105 Å². The number of likely N-dealkylation sites (tertiary alicyclic amines) is 2. The highest BCUT2D eigenvalue weighted by atomic mass is 127. The van der Waals surface area contributed by atoms with Gasteiger partial charge in [0.1, 0.15) is 35.5 Å². The lowest BCUT2D eigenvalue weighted by Crippen LogP contribution is -2.41. The van der Waals surface area contributed by atoms with Crippen LogP contribution in [-0.2, 0) is 18.8 Å². The predicted octanol–water partition coefficient (Wildman–Crippen LogP) is 10.1. The molecule has 4 N–H and O–H groups in total. The van der Waals surface area contributed by atoms with Crippen molar-refractivity contribution < 1.29 is 82.5 Å². The van der Waals surface area contributed by atoms with Crippen LogP contribution in [-0.4, -0.2) is 202 Å². The number of pyridine rings is 2. The fraction of sp³-hybridized carbons (Fsp3) is 0.600. The zero-order chi connectivity index (χ0) is 65.3. The summed E-state index contributed by atoms with van der Waals surface area (Å²) in [5, 5.41) is 24.9. The zero-order valence-electron chi connectivity index (χ0n) is 51.4. The van der Waals surface area contributed by atoms with E-state index in [1.165, 1.54) is 19.6 Å². The summed E-state index contributed by atoms with van der Waals surface area (Å²) in [6.45, 7) is 15.8. The Morgan fingerprint density at radius 2 is 0.989 bits per heavy atom. The largest absolute Gasteiger partial charge is 0.495 e. The molecular formula is C60H78BF10IN10O8S. The van der Waals surface area contributed by atoms with Gasteiger partial charge >= 0.3 is 31.5 Å². The molecule has 11 rings (SSSR count). The quantitative estimate of drug-likeness (QED) is 0.0669. The standard InChI is InChI=1S/C27H32F5N5O3.C20H28BF3N2O3.C13H16F2IN3O2.H2S/c1-17-2-3-20(33-25(39)36-5-4-18(14-36)13-27(30,31)32)12-21(17)19-10-23(35-6-8-40-9-7-35)34-24(11-19)37-15-22(38)26(28,29)16-37;1-13-6-7-15(10-16(13)21-28-18(2,3)19(4,5)29-21)25-17(27)26-9-8-14(12-26)11-20(22,23)24;14-13(15)8-19(7-10(13)20)12-6-9(16)5-11(17-12)18-1-3-21-4-2-18;/h2-3,10-12,18,22,38H,4-9,13-16H2,1H3,(H,33,39);6-7,10,14H,8-9,11-12H2,1-5H3,(H,25,27);5-6,10,20H,1-4,7-8H2;1H2/t18-,22?;14-;;/m00../s1. The number of hydrogen-bond acceptors (Lipinski definition) is 14. The van der Waals surface area contributed by atoms with Gasteiger partial charge in [-0.05, 0) is 159 Å². The third-order valence-electron chi connectivity index (χ3n) is 17.5. The number of β-amino-alcohol motifs (C(OH)–C–C–N with tert-alkyl or cyclic N) is 2. The van der Waals surface area contributed by atoms with Crippen molar-refractivity contribution in [2.24, 2.45) is 11.8 Å². The van der Waals surface area contributed by atoms with Crippen LogP contribution in [0.4, 0.5) is 88.1 Å². The Morgan fingerprint density at radius 3 is 1.41 bits per heavy atom. The molecular weight excluding hydrogens is 1350 g/mol. The molecule has 7 aliphatic heterocycles. The van der Waals surface area contributed by atoms with Crippen LogP contribution < -0.4 is 35.7 Å². The number of anilines is 6. The van der Waals surface area contributed by atoms with Crippen molar-refractivity contribution in [3.8, 4) is 11.1 Å². The van der Waals surface area contributed by atoms with Crippen molar-refractivity contribution in [3.63, 3.8) is 0 Å². The van der Waals surface area contributed by atoms with E-state index in [0.29, 0.717) is 93.3 Å². The molecule has 18 nitrogen and oxygen atoms in total. The van der Waals surface area contributed by atoms with Gasteiger partial charge in [0, 0.05) is 80.1 Å². The molecule has 0 bridgehead atoms. The second-order valence-corrected chi connectivity index (χ2v) is 26.2. The summed E-state index contributed by atoms with van der Waals surface area (Å²) in [5.74, 6) is -5.36. The summed E-state index contributed by atoms with van der Waals surface area (Å²) >= 11 is 2.15. The Hall–Kier alpha value is -5.32. The minimum absolute atomic E-state index is 0. The van der Waals surface area contributed by atoms with E-state index in [-0.39, 0.29) is 46.2 Å². The van der Waals surface area contributed by atoms with Gasteiger partial charge in [0.15, 0.2) is 0 Å². The number of carbonyl (C=O) groups is 2. The number of halogens is 11. The molecule has 7 fully saturated rings. The molecule has 91 heavy (non-hydrogen) atoms. The van der Waals surface area contributed by atoms with E-state index in [1.54, 1.807) is 36.4 Å². The monoisotopic (exact) mass is 1430 g/mol. The molecule has 7 aliphatic rings. The highest BCUT2D eigenvalue weighted by molar-refractivity contribution is 14.1. The SMILES string of the molecule is Cc1ccc(NC(=O)N2CC[C@@H](CC(F)(F)F)C2)cc1-c1cc(N2CCOCC2)nc(N2CC(O)C(F)(F)C2)c1.Cc1ccc(NC(=O)N2CC[C@@H](CC(F)(F)F)C2)cc1B1OC(C)(C)C(C)(C)O1.OC1CN(c2cc(I)cc(N3CCOCC3)n2)CC1(F)F.S. The molecule has 0 spiro atoms. The smallest absolute Gasteiger partial charge is 0.399 e. The first kappa shape index (κ1) is 71.5. The van der Waals surface area contributed by atoms with Crippen LogP contribution >= 0.6 is 36.1 Å². The van der Waals surface area contributed by atoms with Gasteiger partial charge in [-0.2, -0.15) is 39.8 Å². The maximum Gasteiger partial charge on any atom is 0.495 e. The average Bonchev–Trinajstić information content (AvgIpc) is 1.72. The number of urea groups is 2. The molecule has 4 aromatic rings. The van der Waals surface area contributed by atoms with E-state index in [0.717, 1.165) is 44.6 Å². The summed E-state index contributed by atoms with van der Waals surface area (Å²) < 4.78 is 155. The van der Waals surface area contributed by atoms with Crippen LogP contribution in [0.15, 0.2) is 60.7 Å². The number of benzene rings is 2. The molecule has 0 radical (unpaired) electrons. The van der Waals surface area contributed by atoms with Crippen molar-refractivity contribution in [1.82, 2.24) is 19.8 Å². The van der Waals surface area contributed by atoms with Crippen molar-refractivity contribution in [1.29, 1.82) is 0 Å². The third kappa shape index (κ3) is 18.3. The van der Waals surface area contributed by atoms with Gasteiger partial charge in [0.25, 0.3) is 11.8 Å². The van der Waals surface area contributed by atoms with Crippen molar-refractivity contribution >= 4 is 95.4 Å². The number of aryl methyl sites for hydroxylation is 2. The number of amides is 4. The summed E-state index contributed by atoms with van der Waals surface area (Å²) in [4.78, 5) is 44.2. The predicted molar refractivity (Wildman–Crippen MR) is 340 cm³/mol. The third-order valence-corrected chi connectivity index (χ3v) is 18.1. The minimum atomic E-state index is -4.27. The number of aromatic nitrogens is 2. The minimum Gasteiger partial charge on any atom is -0.399 e. The number of rotatable bonds is 10. The Balaban J connectivity index is 0.000000184. The lowest BCUT2D eigenvalue weighted by molar-refractivity contribution is -0.144. The van der Waals surface area contributed by atoms with E-state index in [9.17, 15) is 63.7 Å². The number of aliphatic hydroxyl groups is 2. The van der Waals surface area contributed by atoms with Crippen LogP contribution in [0.1, 0.15) is 64.5 Å².